The minimum absolute atomic E-state index is 0.0107. The molecule has 1 aliphatic heterocycles. The van der Waals surface area contributed by atoms with Crippen molar-refractivity contribution >= 4 is 11.9 Å². The second-order valence-corrected chi connectivity index (χ2v) is 6.38. The summed E-state index contributed by atoms with van der Waals surface area (Å²) in [7, 11) is 0. The molecule has 108 valence electrons. The van der Waals surface area contributed by atoms with Crippen molar-refractivity contribution in [1.82, 2.24) is 10.2 Å². The first-order valence-electron chi connectivity index (χ1n) is 7.17. The number of hydrogen-bond acceptors (Lipinski definition) is 3. The van der Waals surface area contributed by atoms with Gasteiger partial charge in [0.15, 0.2) is 0 Å². The van der Waals surface area contributed by atoms with E-state index < -0.39 is 12.0 Å². The predicted octanol–water partition coefficient (Wildman–Crippen LogP) is 1.09. The van der Waals surface area contributed by atoms with Gasteiger partial charge in [-0.3, -0.25) is 4.79 Å². The van der Waals surface area contributed by atoms with Crippen molar-refractivity contribution < 1.29 is 14.7 Å². The normalized spacial score (nSPS) is 30.9. The van der Waals surface area contributed by atoms with Gasteiger partial charge >= 0.3 is 5.97 Å². The van der Waals surface area contributed by atoms with Crippen LogP contribution < -0.4 is 5.32 Å². The van der Waals surface area contributed by atoms with E-state index in [1.54, 1.807) is 4.90 Å². The Balaban J connectivity index is 2.14. The third-order valence-corrected chi connectivity index (χ3v) is 4.62. The standard InChI is InChI=1S/C14H24N2O3/c1-14(2)6-4-3-5-10(14)12(17)16-8-7-15-9-11(16)13(18)19/h10-11,15H,3-9H2,1-2H3,(H,18,19). The molecule has 2 atom stereocenters. The number of carboxylic acids is 1. The molecule has 1 saturated carbocycles. The number of nitrogens with zero attached hydrogens (tertiary/aromatic N) is 1. The van der Waals surface area contributed by atoms with Crippen LogP contribution in [0.15, 0.2) is 0 Å². The number of nitrogens with one attached hydrogen (secondary N) is 1. The van der Waals surface area contributed by atoms with E-state index in [-0.39, 0.29) is 17.2 Å². The molecule has 2 unspecified atom stereocenters. The van der Waals surface area contributed by atoms with Crippen LogP contribution in [0.1, 0.15) is 39.5 Å². The second-order valence-electron chi connectivity index (χ2n) is 6.38. The molecule has 2 fully saturated rings. The van der Waals surface area contributed by atoms with Gasteiger partial charge in [0.25, 0.3) is 0 Å². The smallest absolute Gasteiger partial charge is 0.327 e. The Kier molecular flexibility index (Phi) is 4.13. The number of piperazine rings is 1. The van der Waals surface area contributed by atoms with E-state index in [4.69, 9.17) is 0 Å². The molecule has 5 heteroatoms. The van der Waals surface area contributed by atoms with Gasteiger partial charge in [-0.1, -0.05) is 26.7 Å². The van der Waals surface area contributed by atoms with Crippen LogP contribution in [0.2, 0.25) is 0 Å². The van der Waals surface area contributed by atoms with E-state index in [9.17, 15) is 14.7 Å². The summed E-state index contributed by atoms with van der Waals surface area (Å²) in [4.78, 5) is 25.6. The molecule has 2 N–H and O–H groups in total. The highest BCUT2D eigenvalue weighted by Crippen LogP contribution is 2.41. The van der Waals surface area contributed by atoms with Crippen LogP contribution in [0, 0.1) is 11.3 Å². The molecule has 0 bridgehead atoms. The fraction of sp³-hybridized carbons (Fsp3) is 0.857. The summed E-state index contributed by atoms with van der Waals surface area (Å²) < 4.78 is 0. The Morgan fingerprint density at radius 3 is 2.68 bits per heavy atom. The molecule has 2 aliphatic rings. The first-order valence-corrected chi connectivity index (χ1v) is 7.17. The van der Waals surface area contributed by atoms with Crippen LogP contribution in [0.4, 0.5) is 0 Å². The van der Waals surface area contributed by atoms with Gasteiger partial charge < -0.3 is 15.3 Å². The van der Waals surface area contributed by atoms with Crippen LogP contribution in [-0.4, -0.2) is 47.6 Å². The van der Waals surface area contributed by atoms with Crippen molar-refractivity contribution in [3.8, 4) is 0 Å². The molecule has 1 amide bonds. The van der Waals surface area contributed by atoms with Gasteiger partial charge in [-0.2, -0.15) is 0 Å². The van der Waals surface area contributed by atoms with E-state index in [0.717, 1.165) is 19.3 Å². The average molecular weight is 268 g/mol. The number of carbonyl (C=O) groups excluding carboxylic acids is 1. The monoisotopic (exact) mass is 268 g/mol. The molecule has 0 radical (unpaired) electrons. The van der Waals surface area contributed by atoms with Gasteiger partial charge in [-0.15, -0.1) is 0 Å². The molecule has 1 heterocycles. The van der Waals surface area contributed by atoms with E-state index in [2.05, 4.69) is 19.2 Å². The molecule has 0 aromatic heterocycles. The van der Waals surface area contributed by atoms with Crippen LogP contribution in [0.3, 0.4) is 0 Å². The quantitative estimate of drug-likeness (QED) is 0.786. The van der Waals surface area contributed by atoms with E-state index in [1.807, 2.05) is 0 Å². The van der Waals surface area contributed by atoms with Crippen molar-refractivity contribution in [2.75, 3.05) is 19.6 Å². The maximum absolute atomic E-state index is 12.7. The largest absolute Gasteiger partial charge is 0.480 e. The highest BCUT2D eigenvalue weighted by atomic mass is 16.4. The topological polar surface area (TPSA) is 69.6 Å². The average Bonchev–Trinajstić information content (AvgIpc) is 2.37. The fourth-order valence-corrected chi connectivity index (χ4v) is 3.34. The van der Waals surface area contributed by atoms with Crippen molar-refractivity contribution in [1.29, 1.82) is 0 Å². The molecular weight excluding hydrogens is 244 g/mol. The first-order chi connectivity index (χ1) is 8.93. The molecular formula is C14H24N2O3. The second kappa shape index (κ2) is 5.49. The molecule has 5 nitrogen and oxygen atoms in total. The van der Waals surface area contributed by atoms with Crippen molar-refractivity contribution in [2.45, 2.75) is 45.6 Å². The van der Waals surface area contributed by atoms with E-state index >= 15 is 0 Å². The van der Waals surface area contributed by atoms with Crippen LogP contribution in [0.25, 0.3) is 0 Å². The Labute approximate surface area is 114 Å². The summed E-state index contributed by atoms with van der Waals surface area (Å²) >= 11 is 0. The van der Waals surface area contributed by atoms with Gasteiger partial charge in [-0.25, -0.2) is 4.79 Å². The lowest BCUT2D eigenvalue weighted by atomic mass is 9.68. The van der Waals surface area contributed by atoms with E-state index in [0.29, 0.717) is 19.6 Å². The molecule has 1 aliphatic carbocycles. The Hall–Kier alpha value is -1.10. The summed E-state index contributed by atoms with van der Waals surface area (Å²) in [6, 6.07) is -0.709. The summed E-state index contributed by atoms with van der Waals surface area (Å²) in [5, 5.41) is 12.3. The fourth-order valence-electron chi connectivity index (χ4n) is 3.34. The summed E-state index contributed by atoms with van der Waals surface area (Å²) in [5.41, 5.74) is -0.0107. The van der Waals surface area contributed by atoms with Crippen molar-refractivity contribution in [2.24, 2.45) is 11.3 Å². The van der Waals surface area contributed by atoms with Gasteiger partial charge in [0.05, 0.1) is 0 Å². The molecule has 19 heavy (non-hydrogen) atoms. The third kappa shape index (κ3) is 2.91. The Morgan fingerprint density at radius 1 is 1.32 bits per heavy atom. The van der Waals surface area contributed by atoms with Crippen LogP contribution in [0.5, 0.6) is 0 Å². The highest BCUT2D eigenvalue weighted by Gasteiger charge is 2.42. The van der Waals surface area contributed by atoms with Gasteiger partial charge in [-0.05, 0) is 18.3 Å². The maximum atomic E-state index is 12.7. The Bertz CT molecular complexity index is 368. The van der Waals surface area contributed by atoms with E-state index in [1.165, 1.54) is 6.42 Å². The molecule has 0 spiro atoms. The number of rotatable bonds is 2. The lowest BCUT2D eigenvalue weighted by Gasteiger charge is -2.43. The number of carbonyl (C=O) groups is 2. The summed E-state index contributed by atoms with van der Waals surface area (Å²) in [6.07, 6.45) is 4.18. The number of aliphatic carboxylic acids is 1. The zero-order chi connectivity index (χ0) is 14.0. The molecule has 0 aromatic carbocycles. The highest BCUT2D eigenvalue weighted by molar-refractivity contribution is 5.86. The summed E-state index contributed by atoms with van der Waals surface area (Å²) in [6.45, 7) is 5.80. The van der Waals surface area contributed by atoms with Gasteiger partial charge in [0.1, 0.15) is 6.04 Å². The lowest BCUT2D eigenvalue weighted by molar-refractivity contribution is -0.156. The van der Waals surface area contributed by atoms with Crippen LogP contribution >= 0.6 is 0 Å². The zero-order valence-corrected chi connectivity index (χ0v) is 11.8. The van der Waals surface area contributed by atoms with Gasteiger partial charge in [0, 0.05) is 25.6 Å². The molecule has 2 rings (SSSR count). The minimum atomic E-state index is -0.908. The van der Waals surface area contributed by atoms with Crippen LogP contribution in [-0.2, 0) is 9.59 Å². The maximum Gasteiger partial charge on any atom is 0.327 e. The number of hydrogen-bond donors (Lipinski definition) is 2. The van der Waals surface area contributed by atoms with Crippen molar-refractivity contribution in [3.63, 3.8) is 0 Å². The molecule has 1 saturated heterocycles. The number of amides is 1. The minimum Gasteiger partial charge on any atom is -0.480 e. The SMILES string of the molecule is CC1(C)CCCCC1C(=O)N1CCNCC1C(=O)O. The molecule has 0 aromatic rings. The third-order valence-electron chi connectivity index (χ3n) is 4.62. The van der Waals surface area contributed by atoms with Crippen molar-refractivity contribution in [3.05, 3.63) is 0 Å². The zero-order valence-electron chi connectivity index (χ0n) is 11.8. The first kappa shape index (κ1) is 14.3. The number of carboxylic acid groups (broad SMARTS) is 1. The Morgan fingerprint density at radius 2 is 2.05 bits per heavy atom. The lowest BCUT2D eigenvalue weighted by Crippen LogP contribution is -2.59. The summed E-state index contributed by atoms with van der Waals surface area (Å²) in [5.74, 6) is -0.894. The predicted molar refractivity (Wildman–Crippen MR) is 71.7 cm³/mol. The van der Waals surface area contributed by atoms with Gasteiger partial charge in [0.2, 0.25) is 5.91 Å².